The van der Waals surface area contributed by atoms with Crippen molar-refractivity contribution in [1.29, 1.82) is 0 Å². The summed E-state index contributed by atoms with van der Waals surface area (Å²) in [5.74, 6) is 0.979. The van der Waals surface area contributed by atoms with E-state index in [9.17, 15) is 9.59 Å². The second kappa shape index (κ2) is 11.1. The van der Waals surface area contributed by atoms with Crippen molar-refractivity contribution in [1.82, 2.24) is 10.2 Å². The highest BCUT2D eigenvalue weighted by molar-refractivity contribution is 5.88. The molecule has 1 atom stereocenters. The van der Waals surface area contributed by atoms with Gasteiger partial charge in [0, 0.05) is 13.1 Å². The van der Waals surface area contributed by atoms with Crippen molar-refractivity contribution >= 4 is 11.8 Å². The normalized spacial score (nSPS) is 11.4. The average molecular weight is 399 g/mol. The third-order valence-corrected chi connectivity index (χ3v) is 4.60. The van der Waals surface area contributed by atoms with E-state index in [1.165, 1.54) is 0 Å². The van der Waals surface area contributed by atoms with Crippen LogP contribution in [0.2, 0.25) is 0 Å². The van der Waals surface area contributed by atoms with E-state index < -0.39 is 6.04 Å². The van der Waals surface area contributed by atoms with Gasteiger partial charge in [-0.1, -0.05) is 31.2 Å². The van der Waals surface area contributed by atoms with Gasteiger partial charge in [-0.15, -0.1) is 0 Å². The maximum Gasteiger partial charge on any atom is 0.261 e. The predicted octanol–water partition coefficient (Wildman–Crippen LogP) is 3.33. The molecule has 0 heterocycles. The van der Waals surface area contributed by atoms with Crippen molar-refractivity contribution in [3.8, 4) is 11.5 Å². The fourth-order valence-corrected chi connectivity index (χ4v) is 3.07. The van der Waals surface area contributed by atoms with Crippen LogP contribution in [-0.4, -0.2) is 43.0 Å². The molecule has 2 aromatic rings. The van der Waals surface area contributed by atoms with E-state index in [1.807, 2.05) is 69.3 Å². The number of likely N-dealkylation sites (N-methyl/N-ethyl adjacent to an activating group) is 1. The molecule has 6 nitrogen and oxygen atoms in total. The highest BCUT2D eigenvalue weighted by Crippen LogP contribution is 2.17. The van der Waals surface area contributed by atoms with Crippen molar-refractivity contribution in [3.63, 3.8) is 0 Å². The Morgan fingerprint density at radius 1 is 1.07 bits per heavy atom. The number of aryl methyl sites for hydroxylation is 1. The number of carbonyl (C=O) groups excluding carboxylic acids is 2. The van der Waals surface area contributed by atoms with Gasteiger partial charge in [0.2, 0.25) is 5.91 Å². The molecule has 0 aliphatic carbocycles. The Labute approximate surface area is 172 Å². The summed E-state index contributed by atoms with van der Waals surface area (Å²) in [6.07, 6.45) is 0.512. The predicted molar refractivity (Wildman–Crippen MR) is 113 cm³/mol. The lowest BCUT2D eigenvalue weighted by molar-refractivity contribution is -0.142. The zero-order valence-corrected chi connectivity index (χ0v) is 17.6. The van der Waals surface area contributed by atoms with Gasteiger partial charge in [0.05, 0.1) is 7.11 Å². The van der Waals surface area contributed by atoms with E-state index in [0.29, 0.717) is 25.3 Å². The number of hydrogen-bond acceptors (Lipinski definition) is 4. The molecule has 0 fully saturated rings. The lowest BCUT2D eigenvalue weighted by Crippen LogP contribution is -2.50. The molecule has 0 radical (unpaired) electrons. The van der Waals surface area contributed by atoms with Gasteiger partial charge in [0.1, 0.15) is 17.5 Å². The molecule has 6 heteroatoms. The standard InChI is InChI=1S/C23H30N2O4/c1-5-21(23(27)24-6-2)25(15-18-10-12-19(28-4)13-11-18)22(26)16-29-20-9-7-8-17(3)14-20/h7-14,21H,5-6,15-16H2,1-4H3,(H,24,27). The summed E-state index contributed by atoms with van der Waals surface area (Å²) in [6.45, 7) is 6.43. The molecule has 0 saturated carbocycles. The van der Waals surface area contributed by atoms with Crippen molar-refractivity contribution in [2.45, 2.75) is 39.8 Å². The first-order chi connectivity index (χ1) is 14.0. The van der Waals surface area contributed by atoms with Crippen LogP contribution >= 0.6 is 0 Å². The van der Waals surface area contributed by atoms with Crippen LogP contribution in [0.5, 0.6) is 11.5 Å². The second-order valence-electron chi connectivity index (χ2n) is 6.79. The lowest BCUT2D eigenvalue weighted by atomic mass is 10.1. The zero-order valence-electron chi connectivity index (χ0n) is 17.6. The number of nitrogens with one attached hydrogen (secondary N) is 1. The van der Waals surface area contributed by atoms with Crippen molar-refractivity contribution < 1.29 is 19.1 Å². The van der Waals surface area contributed by atoms with E-state index in [-0.39, 0.29) is 18.4 Å². The number of methoxy groups -OCH3 is 1. The number of ether oxygens (including phenoxy) is 2. The summed E-state index contributed by atoms with van der Waals surface area (Å²) in [4.78, 5) is 27.2. The molecule has 1 N–H and O–H groups in total. The summed E-state index contributed by atoms with van der Waals surface area (Å²) < 4.78 is 10.9. The summed E-state index contributed by atoms with van der Waals surface area (Å²) in [5.41, 5.74) is 1.97. The van der Waals surface area contributed by atoms with Crippen LogP contribution < -0.4 is 14.8 Å². The molecule has 0 saturated heterocycles. The lowest BCUT2D eigenvalue weighted by Gasteiger charge is -2.30. The summed E-state index contributed by atoms with van der Waals surface area (Å²) in [7, 11) is 1.61. The zero-order chi connectivity index (χ0) is 21.2. The fourth-order valence-electron chi connectivity index (χ4n) is 3.07. The number of benzene rings is 2. The Hall–Kier alpha value is -3.02. The van der Waals surface area contributed by atoms with Gasteiger partial charge in [-0.05, 0) is 55.7 Å². The number of hydrogen-bond donors (Lipinski definition) is 1. The van der Waals surface area contributed by atoms with Gasteiger partial charge in [-0.25, -0.2) is 0 Å². The Balaban J connectivity index is 2.18. The molecule has 2 rings (SSSR count). The van der Waals surface area contributed by atoms with Gasteiger partial charge in [-0.2, -0.15) is 0 Å². The third-order valence-electron chi connectivity index (χ3n) is 4.60. The Morgan fingerprint density at radius 2 is 1.79 bits per heavy atom. The molecule has 2 amide bonds. The largest absolute Gasteiger partial charge is 0.497 e. The van der Waals surface area contributed by atoms with Crippen LogP contribution in [0, 0.1) is 6.92 Å². The number of rotatable bonds is 10. The smallest absolute Gasteiger partial charge is 0.261 e. The molecule has 0 spiro atoms. The summed E-state index contributed by atoms with van der Waals surface area (Å²) >= 11 is 0. The number of carbonyl (C=O) groups is 2. The van der Waals surface area contributed by atoms with E-state index in [1.54, 1.807) is 12.0 Å². The van der Waals surface area contributed by atoms with Crippen LogP contribution in [0.4, 0.5) is 0 Å². The monoisotopic (exact) mass is 398 g/mol. The first-order valence-corrected chi connectivity index (χ1v) is 9.88. The first kappa shape index (κ1) is 22.3. The molecular weight excluding hydrogens is 368 g/mol. The summed E-state index contributed by atoms with van der Waals surface area (Å²) in [5, 5.41) is 2.82. The first-order valence-electron chi connectivity index (χ1n) is 9.88. The molecular formula is C23H30N2O4. The third kappa shape index (κ3) is 6.52. The van der Waals surface area contributed by atoms with Crippen molar-refractivity contribution in [3.05, 3.63) is 59.7 Å². The molecule has 0 aromatic heterocycles. The number of amides is 2. The van der Waals surface area contributed by atoms with E-state index >= 15 is 0 Å². The second-order valence-corrected chi connectivity index (χ2v) is 6.79. The average Bonchev–Trinajstić information content (AvgIpc) is 2.72. The Morgan fingerprint density at radius 3 is 2.38 bits per heavy atom. The molecule has 0 bridgehead atoms. The van der Waals surface area contributed by atoms with Gasteiger partial charge >= 0.3 is 0 Å². The van der Waals surface area contributed by atoms with Crippen LogP contribution in [0.3, 0.4) is 0 Å². The van der Waals surface area contributed by atoms with Crippen LogP contribution in [-0.2, 0) is 16.1 Å². The van der Waals surface area contributed by atoms with Gasteiger partial charge < -0.3 is 19.7 Å². The molecule has 156 valence electrons. The van der Waals surface area contributed by atoms with Crippen molar-refractivity contribution in [2.75, 3.05) is 20.3 Å². The SMILES string of the molecule is CCNC(=O)C(CC)N(Cc1ccc(OC)cc1)C(=O)COc1cccc(C)c1. The van der Waals surface area contributed by atoms with Crippen LogP contribution in [0.15, 0.2) is 48.5 Å². The van der Waals surface area contributed by atoms with Crippen LogP contribution in [0.25, 0.3) is 0 Å². The minimum atomic E-state index is -0.564. The topological polar surface area (TPSA) is 67.9 Å². The maximum atomic E-state index is 13.0. The van der Waals surface area contributed by atoms with E-state index in [4.69, 9.17) is 9.47 Å². The highest BCUT2D eigenvalue weighted by atomic mass is 16.5. The molecule has 1 unspecified atom stereocenters. The Kier molecular flexibility index (Phi) is 8.52. The molecule has 0 aliphatic rings. The van der Waals surface area contributed by atoms with Crippen molar-refractivity contribution in [2.24, 2.45) is 0 Å². The van der Waals surface area contributed by atoms with E-state index in [2.05, 4.69) is 5.32 Å². The molecule has 0 aliphatic heterocycles. The summed E-state index contributed by atoms with van der Waals surface area (Å²) in [6, 6.07) is 14.4. The Bertz CT molecular complexity index is 805. The maximum absolute atomic E-state index is 13.0. The van der Waals surface area contributed by atoms with Gasteiger partial charge in [0.25, 0.3) is 5.91 Å². The molecule has 2 aromatic carbocycles. The quantitative estimate of drug-likeness (QED) is 0.667. The highest BCUT2D eigenvalue weighted by Gasteiger charge is 2.28. The number of nitrogens with zero attached hydrogens (tertiary/aromatic N) is 1. The van der Waals surface area contributed by atoms with Crippen LogP contribution in [0.1, 0.15) is 31.4 Å². The minimum absolute atomic E-state index is 0.129. The molecule has 29 heavy (non-hydrogen) atoms. The minimum Gasteiger partial charge on any atom is -0.497 e. The van der Waals surface area contributed by atoms with Gasteiger partial charge in [0.15, 0.2) is 6.61 Å². The van der Waals surface area contributed by atoms with E-state index in [0.717, 1.165) is 16.9 Å². The fraction of sp³-hybridized carbons (Fsp3) is 0.391. The van der Waals surface area contributed by atoms with Gasteiger partial charge in [-0.3, -0.25) is 9.59 Å².